The van der Waals surface area contributed by atoms with Gasteiger partial charge in [0.05, 0.1) is 11.5 Å². The average Bonchev–Trinajstić information content (AvgIpc) is 2.34. The molecule has 1 aromatic carbocycles. The van der Waals surface area contributed by atoms with Gasteiger partial charge in [-0.05, 0) is 25.1 Å². The molecule has 0 bridgehead atoms. The summed E-state index contributed by atoms with van der Waals surface area (Å²) in [5, 5.41) is 3.18. The number of sulfone groups is 1. The molecule has 0 aliphatic rings. The Balaban J connectivity index is 2.53. The smallest absolute Gasteiger partial charge is 0.175 e. The van der Waals surface area contributed by atoms with Crippen LogP contribution in [0.3, 0.4) is 0 Å². The molecule has 0 spiro atoms. The Morgan fingerprint density at radius 1 is 1.37 bits per heavy atom. The van der Waals surface area contributed by atoms with E-state index in [1.54, 1.807) is 31.4 Å². The molecule has 19 heavy (non-hydrogen) atoms. The lowest BCUT2D eigenvalue weighted by molar-refractivity contribution is 0.184. The van der Waals surface area contributed by atoms with Crippen molar-refractivity contribution < 1.29 is 17.9 Å². The van der Waals surface area contributed by atoms with Gasteiger partial charge in [0.15, 0.2) is 9.84 Å². The number of hydrogen-bond acceptors (Lipinski definition) is 5. The van der Waals surface area contributed by atoms with Gasteiger partial charge < -0.3 is 14.8 Å². The molecule has 1 aromatic rings. The standard InChI is InChI=1S/C13H21NO4S/c1-11(10-14-7-8-17-2)18-12-5-4-6-13(9-12)19(3,15)16/h4-6,9,11,14H,7-8,10H2,1-3H3. The molecule has 1 N–H and O–H groups in total. The van der Waals surface area contributed by atoms with Crippen LogP contribution in [-0.4, -0.2) is 47.6 Å². The van der Waals surface area contributed by atoms with E-state index in [1.807, 2.05) is 6.92 Å². The monoisotopic (exact) mass is 287 g/mol. The third-order valence-corrected chi connectivity index (χ3v) is 3.60. The lowest BCUT2D eigenvalue weighted by atomic mass is 10.3. The molecule has 0 fully saturated rings. The molecule has 108 valence electrons. The molecule has 1 atom stereocenters. The van der Waals surface area contributed by atoms with Crippen molar-refractivity contribution in [2.24, 2.45) is 0 Å². The van der Waals surface area contributed by atoms with E-state index in [2.05, 4.69) is 5.32 Å². The molecule has 0 radical (unpaired) electrons. The van der Waals surface area contributed by atoms with Crippen LogP contribution in [0.2, 0.25) is 0 Å². The van der Waals surface area contributed by atoms with Crippen molar-refractivity contribution in [2.75, 3.05) is 33.1 Å². The Morgan fingerprint density at radius 2 is 2.11 bits per heavy atom. The zero-order chi connectivity index (χ0) is 14.3. The van der Waals surface area contributed by atoms with E-state index in [1.165, 1.54) is 6.26 Å². The predicted molar refractivity (Wildman–Crippen MR) is 74.4 cm³/mol. The molecule has 0 aromatic heterocycles. The van der Waals surface area contributed by atoms with Crippen LogP contribution in [0, 0.1) is 0 Å². The summed E-state index contributed by atoms with van der Waals surface area (Å²) in [6, 6.07) is 6.53. The summed E-state index contributed by atoms with van der Waals surface area (Å²) in [6.07, 6.45) is 1.13. The van der Waals surface area contributed by atoms with E-state index < -0.39 is 9.84 Å². The fourth-order valence-electron chi connectivity index (χ4n) is 1.53. The molecule has 6 heteroatoms. The quantitative estimate of drug-likeness (QED) is 0.725. The van der Waals surface area contributed by atoms with Crippen molar-refractivity contribution >= 4 is 9.84 Å². The third-order valence-electron chi connectivity index (χ3n) is 2.49. The number of ether oxygens (including phenoxy) is 2. The van der Waals surface area contributed by atoms with E-state index in [0.29, 0.717) is 18.9 Å². The van der Waals surface area contributed by atoms with Crippen LogP contribution in [-0.2, 0) is 14.6 Å². The Labute approximate surface area is 114 Å². The molecule has 0 heterocycles. The van der Waals surface area contributed by atoms with Gasteiger partial charge in [0.1, 0.15) is 11.9 Å². The Morgan fingerprint density at radius 3 is 2.74 bits per heavy atom. The van der Waals surface area contributed by atoms with Crippen molar-refractivity contribution in [3.8, 4) is 5.75 Å². The first-order chi connectivity index (χ1) is 8.93. The topological polar surface area (TPSA) is 64.6 Å². The molecular formula is C13H21NO4S. The second kappa shape index (κ2) is 7.47. The predicted octanol–water partition coefficient (Wildman–Crippen LogP) is 1.09. The lowest BCUT2D eigenvalue weighted by Gasteiger charge is -2.15. The van der Waals surface area contributed by atoms with Crippen LogP contribution in [0.25, 0.3) is 0 Å². The molecule has 1 unspecified atom stereocenters. The summed E-state index contributed by atoms with van der Waals surface area (Å²) in [5.74, 6) is 0.559. The van der Waals surface area contributed by atoms with Gasteiger partial charge in [0.25, 0.3) is 0 Å². The Kier molecular flexibility index (Phi) is 6.27. The van der Waals surface area contributed by atoms with Gasteiger partial charge >= 0.3 is 0 Å². The molecule has 0 aliphatic carbocycles. The SMILES string of the molecule is COCCNCC(C)Oc1cccc(S(C)(=O)=O)c1. The molecule has 0 amide bonds. The van der Waals surface area contributed by atoms with Gasteiger partial charge in [0, 0.05) is 26.5 Å². The van der Waals surface area contributed by atoms with Crippen molar-refractivity contribution in [1.82, 2.24) is 5.32 Å². The Hall–Kier alpha value is -1.11. The second-order valence-electron chi connectivity index (χ2n) is 4.37. The number of rotatable bonds is 8. The lowest BCUT2D eigenvalue weighted by Crippen LogP contribution is -2.31. The zero-order valence-corrected chi connectivity index (χ0v) is 12.4. The largest absolute Gasteiger partial charge is 0.489 e. The summed E-state index contributed by atoms with van der Waals surface area (Å²) in [5.41, 5.74) is 0. The van der Waals surface area contributed by atoms with E-state index >= 15 is 0 Å². The number of nitrogens with one attached hydrogen (secondary N) is 1. The molecule has 0 saturated heterocycles. The summed E-state index contributed by atoms with van der Waals surface area (Å²) in [4.78, 5) is 0.268. The highest BCUT2D eigenvalue weighted by Gasteiger charge is 2.09. The highest BCUT2D eigenvalue weighted by atomic mass is 32.2. The minimum absolute atomic E-state index is 0.0494. The molecule has 5 nitrogen and oxygen atoms in total. The van der Waals surface area contributed by atoms with Gasteiger partial charge in [-0.15, -0.1) is 0 Å². The van der Waals surface area contributed by atoms with Gasteiger partial charge in [-0.2, -0.15) is 0 Å². The summed E-state index contributed by atoms with van der Waals surface area (Å²) in [7, 11) is -1.55. The van der Waals surface area contributed by atoms with Crippen LogP contribution in [0.4, 0.5) is 0 Å². The van der Waals surface area contributed by atoms with Crippen molar-refractivity contribution in [1.29, 1.82) is 0 Å². The number of methoxy groups -OCH3 is 1. The van der Waals surface area contributed by atoms with Crippen molar-refractivity contribution in [2.45, 2.75) is 17.9 Å². The van der Waals surface area contributed by atoms with Gasteiger partial charge in [-0.1, -0.05) is 6.07 Å². The summed E-state index contributed by atoms with van der Waals surface area (Å²) in [6.45, 7) is 4.00. The maximum Gasteiger partial charge on any atom is 0.175 e. The number of hydrogen-bond donors (Lipinski definition) is 1. The maximum absolute atomic E-state index is 11.4. The fourth-order valence-corrected chi connectivity index (χ4v) is 2.19. The van der Waals surface area contributed by atoms with Crippen molar-refractivity contribution in [3.63, 3.8) is 0 Å². The van der Waals surface area contributed by atoms with Crippen LogP contribution in [0.15, 0.2) is 29.2 Å². The van der Waals surface area contributed by atoms with E-state index in [4.69, 9.17) is 9.47 Å². The van der Waals surface area contributed by atoms with Gasteiger partial charge in [-0.3, -0.25) is 0 Å². The van der Waals surface area contributed by atoms with Gasteiger partial charge in [0.2, 0.25) is 0 Å². The van der Waals surface area contributed by atoms with Crippen LogP contribution in [0.5, 0.6) is 5.75 Å². The first-order valence-corrected chi connectivity index (χ1v) is 7.99. The normalized spacial score (nSPS) is 13.2. The van der Waals surface area contributed by atoms with Gasteiger partial charge in [-0.25, -0.2) is 8.42 Å². The first kappa shape index (κ1) is 15.9. The molecular weight excluding hydrogens is 266 g/mol. The Bertz CT molecular complexity index is 487. The maximum atomic E-state index is 11.4. The van der Waals surface area contributed by atoms with Crippen LogP contribution < -0.4 is 10.1 Å². The van der Waals surface area contributed by atoms with E-state index in [9.17, 15) is 8.42 Å². The molecule has 1 rings (SSSR count). The van der Waals surface area contributed by atoms with E-state index in [0.717, 1.165) is 6.54 Å². The zero-order valence-electron chi connectivity index (χ0n) is 11.5. The van der Waals surface area contributed by atoms with Crippen molar-refractivity contribution in [3.05, 3.63) is 24.3 Å². The highest BCUT2D eigenvalue weighted by Crippen LogP contribution is 2.18. The minimum atomic E-state index is -3.20. The van der Waals surface area contributed by atoms with E-state index in [-0.39, 0.29) is 11.0 Å². The third kappa shape index (κ3) is 6.04. The summed E-state index contributed by atoms with van der Waals surface area (Å²) >= 11 is 0. The van der Waals surface area contributed by atoms with Crippen LogP contribution in [0.1, 0.15) is 6.92 Å². The molecule has 0 saturated carbocycles. The van der Waals surface area contributed by atoms with Crippen LogP contribution >= 0.6 is 0 Å². The molecule has 0 aliphatic heterocycles. The summed E-state index contributed by atoms with van der Waals surface area (Å²) < 4.78 is 33.5. The average molecular weight is 287 g/mol. The number of benzene rings is 1. The minimum Gasteiger partial charge on any atom is -0.489 e. The first-order valence-electron chi connectivity index (χ1n) is 6.10. The fraction of sp³-hybridized carbons (Fsp3) is 0.538. The highest BCUT2D eigenvalue weighted by molar-refractivity contribution is 7.90. The second-order valence-corrected chi connectivity index (χ2v) is 6.39.